The van der Waals surface area contributed by atoms with Crippen molar-refractivity contribution in [3.63, 3.8) is 0 Å². The van der Waals surface area contributed by atoms with E-state index in [0.29, 0.717) is 6.42 Å². The standard InChI is InChI=1S/C17H26N2O3/c1-6-13(11-7-9-12(22-5)10-8-11)16(21)19-14(15(18)20)17(2,3)4/h7-10,13-14H,6H2,1-5H3,(H2,18,20)(H,19,21)/t13-,14+/m1/s1. The van der Waals surface area contributed by atoms with Crippen molar-refractivity contribution in [1.82, 2.24) is 5.32 Å². The molecule has 3 N–H and O–H groups in total. The first-order valence-electron chi connectivity index (χ1n) is 7.44. The fourth-order valence-electron chi connectivity index (χ4n) is 2.37. The van der Waals surface area contributed by atoms with Gasteiger partial charge in [-0.1, -0.05) is 39.8 Å². The van der Waals surface area contributed by atoms with Crippen LogP contribution in [0.15, 0.2) is 24.3 Å². The molecule has 2 amide bonds. The first-order chi connectivity index (χ1) is 10.2. The summed E-state index contributed by atoms with van der Waals surface area (Å²) in [5, 5.41) is 2.79. The second-order valence-corrected chi connectivity index (χ2v) is 6.44. The second kappa shape index (κ2) is 7.29. The zero-order valence-electron chi connectivity index (χ0n) is 14.0. The maximum atomic E-state index is 12.5. The normalized spacial score (nSPS) is 14.0. The Balaban J connectivity index is 2.93. The van der Waals surface area contributed by atoms with Gasteiger partial charge in [0.2, 0.25) is 11.8 Å². The van der Waals surface area contributed by atoms with Gasteiger partial charge in [-0.3, -0.25) is 9.59 Å². The number of carbonyl (C=O) groups excluding carboxylic acids is 2. The van der Waals surface area contributed by atoms with Gasteiger partial charge in [0.05, 0.1) is 13.0 Å². The maximum Gasteiger partial charge on any atom is 0.240 e. The van der Waals surface area contributed by atoms with Crippen LogP contribution in [0.2, 0.25) is 0 Å². The SMILES string of the molecule is CC[C@@H](C(=O)N[C@@H](C(N)=O)C(C)(C)C)c1ccc(OC)cc1. The molecule has 0 aliphatic carbocycles. The molecule has 1 aromatic rings. The third kappa shape index (κ3) is 4.48. The van der Waals surface area contributed by atoms with Crippen molar-refractivity contribution in [3.05, 3.63) is 29.8 Å². The summed E-state index contributed by atoms with van der Waals surface area (Å²) in [6, 6.07) is 6.67. The van der Waals surface area contributed by atoms with Gasteiger partial charge in [0.1, 0.15) is 11.8 Å². The van der Waals surface area contributed by atoms with Crippen LogP contribution < -0.4 is 15.8 Å². The van der Waals surface area contributed by atoms with Crippen LogP contribution in [0.1, 0.15) is 45.6 Å². The van der Waals surface area contributed by atoms with Crippen molar-refractivity contribution in [2.24, 2.45) is 11.1 Å². The van der Waals surface area contributed by atoms with Crippen LogP contribution in [0, 0.1) is 5.41 Å². The zero-order valence-corrected chi connectivity index (χ0v) is 14.0. The molecular weight excluding hydrogens is 280 g/mol. The average Bonchev–Trinajstić information content (AvgIpc) is 2.44. The quantitative estimate of drug-likeness (QED) is 0.845. The van der Waals surface area contributed by atoms with E-state index in [1.807, 2.05) is 52.0 Å². The summed E-state index contributed by atoms with van der Waals surface area (Å²) in [6.07, 6.45) is 0.633. The van der Waals surface area contributed by atoms with Gasteiger partial charge in [-0.25, -0.2) is 0 Å². The maximum absolute atomic E-state index is 12.5. The molecule has 2 atom stereocenters. The predicted octanol–water partition coefficient (Wildman–Crippen LogP) is 2.21. The summed E-state index contributed by atoms with van der Waals surface area (Å²) in [6.45, 7) is 7.55. The number of hydrogen-bond acceptors (Lipinski definition) is 3. The Bertz CT molecular complexity index is 518. The van der Waals surface area contributed by atoms with E-state index in [1.54, 1.807) is 7.11 Å². The summed E-state index contributed by atoms with van der Waals surface area (Å²) in [4.78, 5) is 24.1. The molecule has 5 heteroatoms. The van der Waals surface area contributed by atoms with Crippen molar-refractivity contribution >= 4 is 11.8 Å². The van der Waals surface area contributed by atoms with Gasteiger partial charge < -0.3 is 15.8 Å². The molecule has 0 spiro atoms. The van der Waals surface area contributed by atoms with E-state index in [9.17, 15) is 9.59 Å². The first-order valence-corrected chi connectivity index (χ1v) is 7.44. The lowest BCUT2D eigenvalue weighted by atomic mass is 9.85. The number of nitrogens with two attached hydrogens (primary N) is 1. The van der Waals surface area contributed by atoms with Gasteiger partial charge in [0, 0.05) is 0 Å². The molecule has 0 bridgehead atoms. The van der Waals surface area contributed by atoms with Crippen LogP contribution in [0.3, 0.4) is 0 Å². The minimum absolute atomic E-state index is 0.189. The zero-order chi connectivity index (χ0) is 16.9. The fraction of sp³-hybridized carbons (Fsp3) is 0.529. The fourth-order valence-corrected chi connectivity index (χ4v) is 2.37. The van der Waals surface area contributed by atoms with E-state index in [0.717, 1.165) is 11.3 Å². The number of carbonyl (C=O) groups is 2. The van der Waals surface area contributed by atoms with Crippen molar-refractivity contribution in [3.8, 4) is 5.75 Å². The molecular formula is C17H26N2O3. The van der Waals surface area contributed by atoms with Gasteiger partial charge in [-0.05, 0) is 29.5 Å². The predicted molar refractivity (Wildman–Crippen MR) is 86.6 cm³/mol. The third-order valence-corrected chi connectivity index (χ3v) is 3.68. The number of methoxy groups -OCH3 is 1. The van der Waals surface area contributed by atoms with Crippen LogP contribution in [0.5, 0.6) is 5.75 Å². The Labute approximate surface area is 132 Å². The largest absolute Gasteiger partial charge is 0.497 e. The van der Waals surface area contributed by atoms with E-state index in [-0.39, 0.29) is 11.8 Å². The Hall–Kier alpha value is -2.04. The van der Waals surface area contributed by atoms with Gasteiger partial charge in [-0.15, -0.1) is 0 Å². The number of rotatable bonds is 6. The number of ether oxygens (including phenoxy) is 1. The number of hydrogen-bond donors (Lipinski definition) is 2. The molecule has 1 rings (SSSR count). The summed E-state index contributed by atoms with van der Waals surface area (Å²) in [5.74, 6) is -0.296. The summed E-state index contributed by atoms with van der Waals surface area (Å²) < 4.78 is 5.12. The summed E-state index contributed by atoms with van der Waals surface area (Å²) >= 11 is 0. The summed E-state index contributed by atoms with van der Waals surface area (Å²) in [7, 11) is 1.60. The van der Waals surface area contributed by atoms with Gasteiger partial charge in [-0.2, -0.15) is 0 Å². The van der Waals surface area contributed by atoms with Crippen molar-refractivity contribution < 1.29 is 14.3 Å². The van der Waals surface area contributed by atoms with Crippen molar-refractivity contribution in [1.29, 1.82) is 0 Å². The average molecular weight is 306 g/mol. The molecule has 0 aliphatic heterocycles. The van der Waals surface area contributed by atoms with E-state index >= 15 is 0 Å². The Morgan fingerprint density at radius 3 is 2.14 bits per heavy atom. The molecule has 0 aromatic heterocycles. The lowest BCUT2D eigenvalue weighted by molar-refractivity contribution is -0.130. The lowest BCUT2D eigenvalue weighted by Gasteiger charge is -2.30. The van der Waals surface area contributed by atoms with E-state index < -0.39 is 17.4 Å². The van der Waals surface area contributed by atoms with Crippen LogP contribution in [-0.2, 0) is 9.59 Å². The molecule has 22 heavy (non-hydrogen) atoms. The molecule has 0 radical (unpaired) electrons. The number of primary amides is 1. The molecule has 0 saturated carbocycles. The van der Waals surface area contributed by atoms with E-state index in [2.05, 4.69) is 5.32 Å². The third-order valence-electron chi connectivity index (χ3n) is 3.68. The Kier molecular flexibility index (Phi) is 5.97. The summed E-state index contributed by atoms with van der Waals surface area (Å²) in [5.41, 5.74) is 5.88. The van der Waals surface area contributed by atoms with Gasteiger partial charge in [0.25, 0.3) is 0 Å². The molecule has 0 fully saturated rings. The highest BCUT2D eigenvalue weighted by atomic mass is 16.5. The van der Waals surface area contributed by atoms with Crippen LogP contribution >= 0.6 is 0 Å². The Morgan fingerprint density at radius 1 is 1.23 bits per heavy atom. The molecule has 5 nitrogen and oxygen atoms in total. The monoisotopic (exact) mass is 306 g/mol. The van der Waals surface area contributed by atoms with Crippen LogP contribution in [0.25, 0.3) is 0 Å². The molecule has 0 unspecified atom stereocenters. The molecule has 0 heterocycles. The van der Waals surface area contributed by atoms with E-state index in [4.69, 9.17) is 10.5 Å². The highest BCUT2D eigenvalue weighted by Crippen LogP contribution is 2.25. The highest BCUT2D eigenvalue weighted by molar-refractivity contribution is 5.90. The van der Waals surface area contributed by atoms with Crippen molar-refractivity contribution in [2.75, 3.05) is 7.11 Å². The first kappa shape index (κ1) is 18.0. The molecule has 1 aromatic carbocycles. The van der Waals surface area contributed by atoms with Gasteiger partial charge >= 0.3 is 0 Å². The molecule has 0 saturated heterocycles. The van der Waals surface area contributed by atoms with Crippen LogP contribution in [-0.4, -0.2) is 25.0 Å². The molecule has 122 valence electrons. The highest BCUT2D eigenvalue weighted by Gasteiger charge is 2.33. The molecule has 0 aliphatic rings. The van der Waals surface area contributed by atoms with E-state index in [1.165, 1.54) is 0 Å². The number of benzene rings is 1. The van der Waals surface area contributed by atoms with Crippen molar-refractivity contribution in [2.45, 2.75) is 46.1 Å². The Morgan fingerprint density at radius 2 is 1.77 bits per heavy atom. The number of amides is 2. The van der Waals surface area contributed by atoms with Crippen LogP contribution in [0.4, 0.5) is 0 Å². The number of nitrogens with one attached hydrogen (secondary N) is 1. The minimum atomic E-state index is -0.702. The second-order valence-electron chi connectivity index (χ2n) is 6.44. The minimum Gasteiger partial charge on any atom is -0.497 e. The smallest absolute Gasteiger partial charge is 0.240 e. The lowest BCUT2D eigenvalue weighted by Crippen LogP contribution is -2.53. The topological polar surface area (TPSA) is 81.4 Å². The van der Waals surface area contributed by atoms with Gasteiger partial charge in [0.15, 0.2) is 0 Å².